The van der Waals surface area contributed by atoms with Gasteiger partial charge in [-0.25, -0.2) is 4.79 Å². The zero-order valence-corrected chi connectivity index (χ0v) is 19.7. The predicted octanol–water partition coefficient (Wildman–Crippen LogP) is 4.51. The Balaban J connectivity index is 1.70. The summed E-state index contributed by atoms with van der Waals surface area (Å²) in [6, 6.07) is 14.5. The van der Waals surface area contributed by atoms with E-state index >= 15 is 0 Å². The molecule has 178 valence electrons. The molecule has 0 aromatic heterocycles. The Hall–Kier alpha value is -3.55. The van der Waals surface area contributed by atoms with Crippen molar-refractivity contribution in [1.29, 1.82) is 0 Å². The van der Waals surface area contributed by atoms with Crippen LogP contribution < -0.4 is 20.7 Å². The van der Waals surface area contributed by atoms with Gasteiger partial charge in [0, 0.05) is 24.3 Å². The van der Waals surface area contributed by atoms with Gasteiger partial charge in [0.1, 0.15) is 11.4 Å². The van der Waals surface area contributed by atoms with Gasteiger partial charge in [0.15, 0.2) is 6.61 Å². The third-order valence-corrected chi connectivity index (χ3v) is 4.30. The molecule has 0 heterocycles. The van der Waals surface area contributed by atoms with Gasteiger partial charge in [0.2, 0.25) is 5.91 Å². The second-order valence-corrected chi connectivity index (χ2v) is 8.53. The number of rotatable bonds is 10. The molecule has 3 amide bonds. The Kier molecular flexibility index (Phi) is 9.72. The van der Waals surface area contributed by atoms with Crippen LogP contribution >= 0.6 is 0 Å². The molecule has 0 saturated carbocycles. The molecule has 0 spiro atoms. The van der Waals surface area contributed by atoms with Crippen LogP contribution in [0.1, 0.15) is 46.1 Å². The second kappa shape index (κ2) is 12.5. The molecule has 2 rings (SSSR count). The van der Waals surface area contributed by atoms with E-state index in [9.17, 15) is 14.4 Å². The quantitative estimate of drug-likeness (QED) is 0.489. The molecule has 0 fully saturated rings. The van der Waals surface area contributed by atoms with E-state index in [4.69, 9.17) is 9.47 Å². The van der Waals surface area contributed by atoms with Crippen LogP contribution in [0.4, 0.5) is 16.2 Å². The molecule has 0 radical (unpaired) electrons. The molecule has 8 nitrogen and oxygen atoms in total. The lowest BCUT2D eigenvalue weighted by atomic mass is 10.1. The Morgan fingerprint density at radius 3 is 1.97 bits per heavy atom. The lowest BCUT2D eigenvalue weighted by Crippen LogP contribution is -2.34. The molecule has 0 unspecified atom stereocenters. The van der Waals surface area contributed by atoms with E-state index in [0.29, 0.717) is 17.1 Å². The number of anilines is 2. The number of ether oxygens (including phenoxy) is 2. The highest BCUT2D eigenvalue weighted by atomic mass is 16.6. The van der Waals surface area contributed by atoms with Gasteiger partial charge in [-0.2, -0.15) is 0 Å². The van der Waals surface area contributed by atoms with Crippen molar-refractivity contribution in [2.75, 3.05) is 23.8 Å². The van der Waals surface area contributed by atoms with Crippen LogP contribution in [0.5, 0.6) is 5.75 Å². The molecule has 0 aliphatic heterocycles. The normalized spacial score (nSPS) is 10.8. The summed E-state index contributed by atoms with van der Waals surface area (Å²) in [7, 11) is 0. The van der Waals surface area contributed by atoms with Crippen molar-refractivity contribution in [3.05, 3.63) is 54.1 Å². The summed E-state index contributed by atoms with van der Waals surface area (Å²) < 4.78 is 10.6. The summed E-state index contributed by atoms with van der Waals surface area (Å²) in [6.45, 7) is 7.49. The van der Waals surface area contributed by atoms with E-state index in [1.165, 1.54) is 5.56 Å². The monoisotopic (exact) mass is 455 g/mol. The third-order valence-electron chi connectivity index (χ3n) is 4.30. The standard InChI is InChI=1S/C25H33N3O5/c1-5-6-18-7-13-21(14-8-18)32-17-23(30)28-20-11-9-19(10-12-20)27-22(29)15-16-26-24(31)33-25(2,3)4/h7-14H,5-6,15-17H2,1-4H3,(H,26,31)(H,27,29)(H,28,30). The number of benzene rings is 2. The number of amides is 3. The van der Waals surface area contributed by atoms with Gasteiger partial charge in [-0.3, -0.25) is 9.59 Å². The number of hydrogen-bond donors (Lipinski definition) is 3. The van der Waals surface area contributed by atoms with Crippen LogP contribution in [0, 0.1) is 0 Å². The Bertz CT molecular complexity index is 919. The topological polar surface area (TPSA) is 106 Å². The van der Waals surface area contributed by atoms with E-state index in [1.54, 1.807) is 45.0 Å². The van der Waals surface area contributed by atoms with Gasteiger partial charge in [0.25, 0.3) is 5.91 Å². The van der Waals surface area contributed by atoms with E-state index in [-0.39, 0.29) is 31.4 Å². The van der Waals surface area contributed by atoms with Crippen molar-refractivity contribution in [2.24, 2.45) is 0 Å². The highest BCUT2D eigenvalue weighted by molar-refractivity contribution is 5.93. The fraction of sp³-hybridized carbons (Fsp3) is 0.400. The number of alkyl carbamates (subject to hydrolysis) is 1. The lowest BCUT2D eigenvalue weighted by Gasteiger charge is -2.19. The van der Waals surface area contributed by atoms with Gasteiger partial charge in [-0.1, -0.05) is 25.5 Å². The van der Waals surface area contributed by atoms with Crippen molar-refractivity contribution in [3.8, 4) is 5.75 Å². The molecular formula is C25H33N3O5. The molecule has 0 saturated heterocycles. The average molecular weight is 456 g/mol. The molecule has 0 atom stereocenters. The maximum atomic E-state index is 12.1. The van der Waals surface area contributed by atoms with E-state index in [0.717, 1.165) is 12.8 Å². The first kappa shape index (κ1) is 25.7. The van der Waals surface area contributed by atoms with Crippen molar-refractivity contribution in [2.45, 2.75) is 52.6 Å². The third kappa shape index (κ3) is 10.5. The molecule has 0 aliphatic rings. The molecule has 0 bridgehead atoms. The zero-order chi connectivity index (χ0) is 24.3. The van der Waals surface area contributed by atoms with Crippen LogP contribution in [0.3, 0.4) is 0 Å². The second-order valence-electron chi connectivity index (χ2n) is 8.53. The first-order chi connectivity index (χ1) is 15.6. The highest BCUT2D eigenvalue weighted by Crippen LogP contribution is 2.15. The van der Waals surface area contributed by atoms with Crippen molar-refractivity contribution < 1.29 is 23.9 Å². The first-order valence-corrected chi connectivity index (χ1v) is 11.0. The Labute approximate surface area is 195 Å². The van der Waals surface area contributed by atoms with Gasteiger partial charge in [0.05, 0.1) is 0 Å². The van der Waals surface area contributed by atoms with E-state index in [1.807, 2.05) is 24.3 Å². The molecule has 3 N–H and O–H groups in total. The maximum Gasteiger partial charge on any atom is 0.407 e. The van der Waals surface area contributed by atoms with Gasteiger partial charge < -0.3 is 25.4 Å². The van der Waals surface area contributed by atoms with Gasteiger partial charge in [-0.05, 0) is 69.2 Å². The number of carbonyl (C=O) groups excluding carboxylic acids is 3. The van der Waals surface area contributed by atoms with E-state index < -0.39 is 11.7 Å². The summed E-state index contributed by atoms with van der Waals surface area (Å²) in [5, 5.41) is 8.03. The SMILES string of the molecule is CCCc1ccc(OCC(=O)Nc2ccc(NC(=O)CCNC(=O)OC(C)(C)C)cc2)cc1. The van der Waals surface area contributed by atoms with Crippen LogP contribution in [0.15, 0.2) is 48.5 Å². The summed E-state index contributed by atoms with van der Waals surface area (Å²) in [5.74, 6) is 0.114. The summed E-state index contributed by atoms with van der Waals surface area (Å²) in [4.78, 5) is 35.7. The number of aryl methyl sites for hydroxylation is 1. The molecule has 8 heteroatoms. The molecule has 2 aromatic rings. The van der Waals surface area contributed by atoms with Crippen LogP contribution in [-0.2, 0) is 20.7 Å². The van der Waals surface area contributed by atoms with Crippen LogP contribution in [0.25, 0.3) is 0 Å². The van der Waals surface area contributed by atoms with Crippen molar-refractivity contribution in [1.82, 2.24) is 5.32 Å². The number of hydrogen-bond acceptors (Lipinski definition) is 5. The highest BCUT2D eigenvalue weighted by Gasteiger charge is 2.16. The van der Waals surface area contributed by atoms with Crippen LogP contribution in [-0.4, -0.2) is 36.7 Å². The summed E-state index contributed by atoms with van der Waals surface area (Å²) in [6.07, 6.45) is 1.64. The van der Waals surface area contributed by atoms with Crippen LogP contribution in [0.2, 0.25) is 0 Å². The molecule has 0 aliphatic carbocycles. The van der Waals surface area contributed by atoms with E-state index in [2.05, 4.69) is 22.9 Å². The molecule has 33 heavy (non-hydrogen) atoms. The first-order valence-electron chi connectivity index (χ1n) is 11.0. The Morgan fingerprint density at radius 1 is 0.848 bits per heavy atom. The fourth-order valence-electron chi connectivity index (χ4n) is 2.84. The Morgan fingerprint density at radius 2 is 1.42 bits per heavy atom. The van der Waals surface area contributed by atoms with Crippen molar-refractivity contribution in [3.63, 3.8) is 0 Å². The minimum absolute atomic E-state index is 0.101. The van der Waals surface area contributed by atoms with Gasteiger partial charge >= 0.3 is 6.09 Å². The predicted molar refractivity (Wildman–Crippen MR) is 128 cm³/mol. The zero-order valence-electron chi connectivity index (χ0n) is 19.7. The largest absolute Gasteiger partial charge is 0.484 e. The minimum Gasteiger partial charge on any atom is -0.484 e. The molecular weight excluding hydrogens is 422 g/mol. The van der Waals surface area contributed by atoms with Gasteiger partial charge in [-0.15, -0.1) is 0 Å². The van der Waals surface area contributed by atoms with Crippen molar-refractivity contribution >= 4 is 29.3 Å². The molecule has 2 aromatic carbocycles. The smallest absolute Gasteiger partial charge is 0.407 e. The minimum atomic E-state index is -0.588. The lowest BCUT2D eigenvalue weighted by molar-refractivity contribution is -0.118. The maximum absolute atomic E-state index is 12.1. The number of nitrogens with one attached hydrogen (secondary N) is 3. The fourth-order valence-corrected chi connectivity index (χ4v) is 2.84. The number of carbonyl (C=O) groups is 3. The summed E-state index contributed by atoms with van der Waals surface area (Å²) >= 11 is 0. The summed E-state index contributed by atoms with van der Waals surface area (Å²) in [5.41, 5.74) is 1.82. The average Bonchev–Trinajstić information content (AvgIpc) is 2.73.